The molecular weight excluding hydrogens is 312 g/mol. The lowest BCUT2D eigenvalue weighted by molar-refractivity contribution is 0.0740. The van der Waals surface area contributed by atoms with Gasteiger partial charge in [0.05, 0.1) is 5.01 Å². The van der Waals surface area contributed by atoms with Crippen molar-refractivity contribution in [2.75, 3.05) is 31.1 Å². The molecule has 8 heteroatoms. The van der Waals surface area contributed by atoms with Gasteiger partial charge in [0, 0.05) is 45.0 Å². The molecule has 0 radical (unpaired) electrons. The van der Waals surface area contributed by atoms with Gasteiger partial charge in [-0.05, 0) is 5.92 Å². The fourth-order valence-electron chi connectivity index (χ4n) is 2.69. The van der Waals surface area contributed by atoms with Crippen LogP contribution in [0.3, 0.4) is 0 Å². The molecule has 0 atom stereocenters. The molecule has 0 spiro atoms. The SMILES string of the molecule is CC(C)Cc1nc(C(=O)N2CCN(c3nncn3C)CC2)cs1. The zero-order chi connectivity index (χ0) is 16.4. The van der Waals surface area contributed by atoms with Crippen molar-refractivity contribution < 1.29 is 4.79 Å². The van der Waals surface area contributed by atoms with Crippen LogP contribution < -0.4 is 4.90 Å². The molecule has 2 aromatic rings. The summed E-state index contributed by atoms with van der Waals surface area (Å²) in [7, 11) is 1.93. The van der Waals surface area contributed by atoms with E-state index >= 15 is 0 Å². The Morgan fingerprint density at radius 3 is 2.65 bits per heavy atom. The van der Waals surface area contributed by atoms with Crippen LogP contribution in [0.1, 0.15) is 29.3 Å². The molecule has 0 unspecified atom stereocenters. The van der Waals surface area contributed by atoms with E-state index in [2.05, 4.69) is 33.9 Å². The van der Waals surface area contributed by atoms with Crippen molar-refractivity contribution in [2.45, 2.75) is 20.3 Å². The minimum Gasteiger partial charge on any atom is -0.337 e. The van der Waals surface area contributed by atoms with Gasteiger partial charge in [0.2, 0.25) is 5.95 Å². The highest BCUT2D eigenvalue weighted by Crippen LogP contribution is 2.17. The quantitative estimate of drug-likeness (QED) is 0.846. The van der Waals surface area contributed by atoms with Crippen LogP contribution in [0.15, 0.2) is 11.7 Å². The summed E-state index contributed by atoms with van der Waals surface area (Å²) >= 11 is 1.58. The van der Waals surface area contributed by atoms with E-state index in [9.17, 15) is 4.79 Å². The van der Waals surface area contributed by atoms with Gasteiger partial charge in [-0.25, -0.2) is 4.98 Å². The summed E-state index contributed by atoms with van der Waals surface area (Å²) in [5.41, 5.74) is 0.581. The van der Waals surface area contributed by atoms with Gasteiger partial charge >= 0.3 is 0 Å². The predicted molar refractivity (Wildman–Crippen MR) is 89.8 cm³/mol. The molecule has 0 aliphatic carbocycles. The first-order valence-corrected chi connectivity index (χ1v) is 8.75. The second kappa shape index (κ2) is 6.66. The van der Waals surface area contributed by atoms with Crippen molar-refractivity contribution in [3.63, 3.8) is 0 Å². The van der Waals surface area contributed by atoms with E-state index in [-0.39, 0.29) is 5.91 Å². The normalized spacial score (nSPS) is 15.5. The molecule has 1 aliphatic rings. The Labute approximate surface area is 140 Å². The van der Waals surface area contributed by atoms with Crippen LogP contribution in [0.2, 0.25) is 0 Å². The number of aromatic nitrogens is 4. The Bertz CT molecular complexity index is 671. The maximum absolute atomic E-state index is 12.6. The molecule has 1 fully saturated rings. The number of amides is 1. The number of rotatable bonds is 4. The van der Waals surface area contributed by atoms with E-state index in [1.165, 1.54) is 0 Å². The number of nitrogens with zero attached hydrogens (tertiary/aromatic N) is 6. The molecule has 0 aromatic carbocycles. The van der Waals surface area contributed by atoms with Gasteiger partial charge < -0.3 is 14.4 Å². The molecule has 3 heterocycles. The smallest absolute Gasteiger partial charge is 0.273 e. The first-order chi connectivity index (χ1) is 11.0. The Morgan fingerprint density at radius 1 is 1.30 bits per heavy atom. The van der Waals surface area contributed by atoms with E-state index in [0.29, 0.717) is 24.7 Å². The summed E-state index contributed by atoms with van der Waals surface area (Å²) in [6.07, 6.45) is 2.62. The molecule has 1 aliphatic heterocycles. The summed E-state index contributed by atoms with van der Waals surface area (Å²) in [5.74, 6) is 1.44. The van der Waals surface area contributed by atoms with Crippen molar-refractivity contribution in [3.8, 4) is 0 Å². The number of carbonyl (C=O) groups excluding carboxylic acids is 1. The van der Waals surface area contributed by atoms with Gasteiger partial charge in [-0.15, -0.1) is 21.5 Å². The van der Waals surface area contributed by atoms with E-state index in [4.69, 9.17) is 0 Å². The first kappa shape index (κ1) is 15.9. The molecule has 7 nitrogen and oxygen atoms in total. The van der Waals surface area contributed by atoms with Crippen molar-refractivity contribution in [3.05, 3.63) is 22.4 Å². The minimum atomic E-state index is 0.0360. The third kappa shape index (κ3) is 3.52. The molecule has 1 saturated heterocycles. The highest BCUT2D eigenvalue weighted by Gasteiger charge is 2.25. The zero-order valence-corrected chi connectivity index (χ0v) is 14.6. The van der Waals surface area contributed by atoms with Crippen molar-refractivity contribution in [2.24, 2.45) is 13.0 Å². The summed E-state index contributed by atoms with van der Waals surface area (Å²) < 4.78 is 1.90. The highest BCUT2D eigenvalue weighted by atomic mass is 32.1. The number of thiazole rings is 1. The fourth-order valence-corrected chi connectivity index (χ4v) is 3.67. The van der Waals surface area contributed by atoms with Gasteiger partial charge in [-0.3, -0.25) is 4.79 Å². The third-order valence-electron chi connectivity index (χ3n) is 3.89. The van der Waals surface area contributed by atoms with Crippen LogP contribution >= 0.6 is 11.3 Å². The van der Waals surface area contributed by atoms with Crippen LogP contribution in [-0.2, 0) is 13.5 Å². The van der Waals surface area contributed by atoms with E-state index in [0.717, 1.165) is 30.5 Å². The van der Waals surface area contributed by atoms with Crippen molar-refractivity contribution in [1.82, 2.24) is 24.6 Å². The summed E-state index contributed by atoms with van der Waals surface area (Å²) in [6, 6.07) is 0. The second-order valence-corrected chi connectivity index (χ2v) is 7.19. The maximum atomic E-state index is 12.6. The average Bonchev–Trinajstić information content (AvgIpc) is 3.15. The molecular formula is C15H22N6OS. The molecule has 0 bridgehead atoms. The number of carbonyl (C=O) groups is 1. The van der Waals surface area contributed by atoms with Crippen LogP contribution in [0, 0.1) is 5.92 Å². The standard InChI is InChI=1S/C15H22N6OS/c1-11(2)8-13-17-12(9-23-13)14(22)20-4-6-21(7-5-20)15-18-16-10-19(15)3/h9-11H,4-8H2,1-3H3. The molecule has 0 N–H and O–H groups in total. The molecule has 3 rings (SSSR count). The van der Waals surface area contributed by atoms with Crippen LogP contribution in [0.5, 0.6) is 0 Å². The first-order valence-electron chi connectivity index (χ1n) is 7.87. The largest absolute Gasteiger partial charge is 0.337 e. The topological polar surface area (TPSA) is 67.2 Å². The maximum Gasteiger partial charge on any atom is 0.273 e. The number of hydrogen-bond acceptors (Lipinski definition) is 6. The van der Waals surface area contributed by atoms with Crippen molar-refractivity contribution in [1.29, 1.82) is 0 Å². The van der Waals surface area contributed by atoms with E-state index in [1.807, 2.05) is 21.9 Å². The molecule has 23 heavy (non-hydrogen) atoms. The zero-order valence-electron chi connectivity index (χ0n) is 13.8. The van der Waals surface area contributed by atoms with Crippen LogP contribution in [0.4, 0.5) is 5.95 Å². The second-order valence-electron chi connectivity index (χ2n) is 6.25. The molecule has 124 valence electrons. The molecule has 2 aromatic heterocycles. The lowest BCUT2D eigenvalue weighted by Gasteiger charge is -2.34. The van der Waals surface area contributed by atoms with Gasteiger partial charge in [0.25, 0.3) is 5.91 Å². The Morgan fingerprint density at radius 2 is 2.04 bits per heavy atom. The van der Waals surface area contributed by atoms with E-state index < -0.39 is 0 Å². The number of anilines is 1. The third-order valence-corrected chi connectivity index (χ3v) is 4.76. The summed E-state index contributed by atoms with van der Waals surface area (Å²) in [5, 5.41) is 11.0. The lowest BCUT2D eigenvalue weighted by Crippen LogP contribution is -2.49. The van der Waals surface area contributed by atoms with Crippen LogP contribution in [0.25, 0.3) is 0 Å². The van der Waals surface area contributed by atoms with Gasteiger partial charge in [-0.2, -0.15) is 0 Å². The average molecular weight is 334 g/mol. The van der Waals surface area contributed by atoms with Gasteiger partial charge in [0.1, 0.15) is 12.0 Å². The fraction of sp³-hybridized carbons (Fsp3) is 0.600. The Kier molecular flexibility index (Phi) is 4.61. The summed E-state index contributed by atoms with van der Waals surface area (Å²) in [6.45, 7) is 7.22. The molecule has 0 saturated carbocycles. The lowest BCUT2D eigenvalue weighted by atomic mass is 10.1. The number of aryl methyl sites for hydroxylation is 1. The minimum absolute atomic E-state index is 0.0360. The number of hydrogen-bond donors (Lipinski definition) is 0. The predicted octanol–water partition coefficient (Wildman–Crippen LogP) is 1.43. The Balaban J connectivity index is 1.60. The number of piperazine rings is 1. The Hall–Kier alpha value is -1.96. The van der Waals surface area contributed by atoms with E-state index in [1.54, 1.807) is 17.7 Å². The van der Waals surface area contributed by atoms with Gasteiger partial charge in [-0.1, -0.05) is 13.8 Å². The highest BCUT2D eigenvalue weighted by molar-refractivity contribution is 7.09. The van der Waals surface area contributed by atoms with Crippen LogP contribution in [-0.4, -0.2) is 56.7 Å². The van der Waals surface area contributed by atoms with Crippen molar-refractivity contribution >= 4 is 23.2 Å². The van der Waals surface area contributed by atoms with Gasteiger partial charge in [0.15, 0.2) is 0 Å². The summed E-state index contributed by atoms with van der Waals surface area (Å²) in [4.78, 5) is 21.1. The monoisotopic (exact) mass is 334 g/mol. The molecule has 1 amide bonds.